The SMILES string of the molecule is CC(C)CC(=O)Nc1ccc(N2CCc3ccccc3C2)nn1. The Bertz CT molecular complexity index is 682. The topological polar surface area (TPSA) is 58.1 Å². The largest absolute Gasteiger partial charge is 0.350 e. The van der Waals surface area contributed by atoms with E-state index in [4.69, 9.17) is 0 Å². The lowest BCUT2D eigenvalue weighted by molar-refractivity contribution is -0.116. The van der Waals surface area contributed by atoms with E-state index < -0.39 is 0 Å². The van der Waals surface area contributed by atoms with Crippen molar-refractivity contribution < 1.29 is 4.79 Å². The molecule has 0 unspecified atom stereocenters. The van der Waals surface area contributed by atoms with E-state index >= 15 is 0 Å². The van der Waals surface area contributed by atoms with Gasteiger partial charge >= 0.3 is 0 Å². The van der Waals surface area contributed by atoms with Gasteiger partial charge in [0.1, 0.15) is 0 Å². The van der Waals surface area contributed by atoms with Gasteiger partial charge in [0.05, 0.1) is 0 Å². The summed E-state index contributed by atoms with van der Waals surface area (Å²) in [5, 5.41) is 11.2. The minimum atomic E-state index is -0.0195. The first-order chi connectivity index (χ1) is 11.1. The Balaban J connectivity index is 1.65. The molecule has 0 bridgehead atoms. The maximum atomic E-state index is 11.8. The number of anilines is 2. The Morgan fingerprint density at radius 3 is 2.65 bits per heavy atom. The summed E-state index contributed by atoms with van der Waals surface area (Å²) >= 11 is 0. The third kappa shape index (κ3) is 3.86. The van der Waals surface area contributed by atoms with Crippen molar-refractivity contribution in [3.63, 3.8) is 0 Å². The van der Waals surface area contributed by atoms with Crippen LogP contribution in [0.3, 0.4) is 0 Å². The van der Waals surface area contributed by atoms with Crippen LogP contribution in [0.1, 0.15) is 31.4 Å². The number of nitrogens with zero attached hydrogens (tertiary/aromatic N) is 3. The van der Waals surface area contributed by atoms with Gasteiger partial charge in [-0.05, 0) is 35.6 Å². The zero-order chi connectivity index (χ0) is 16.2. The number of amides is 1. The molecule has 0 saturated carbocycles. The van der Waals surface area contributed by atoms with Crippen LogP contribution >= 0.6 is 0 Å². The molecule has 1 aliphatic rings. The number of benzene rings is 1. The Hall–Kier alpha value is -2.43. The van der Waals surface area contributed by atoms with Gasteiger partial charge in [-0.25, -0.2) is 0 Å². The van der Waals surface area contributed by atoms with Gasteiger partial charge in [-0.15, -0.1) is 10.2 Å². The molecule has 0 radical (unpaired) electrons. The number of fused-ring (bicyclic) bond motifs is 1. The minimum absolute atomic E-state index is 0.0195. The normalized spacial score (nSPS) is 13.8. The van der Waals surface area contributed by atoms with E-state index in [2.05, 4.69) is 44.7 Å². The van der Waals surface area contributed by atoms with E-state index in [9.17, 15) is 4.79 Å². The van der Waals surface area contributed by atoms with Crippen molar-refractivity contribution in [3.8, 4) is 0 Å². The van der Waals surface area contributed by atoms with Gasteiger partial charge in [-0.3, -0.25) is 4.79 Å². The predicted octanol–water partition coefficient (Wildman–Crippen LogP) is 3.02. The summed E-state index contributed by atoms with van der Waals surface area (Å²) in [6, 6.07) is 12.2. The number of nitrogens with one attached hydrogen (secondary N) is 1. The number of hydrogen-bond acceptors (Lipinski definition) is 4. The molecule has 0 saturated heterocycles. The Morgan fingerprint density at radius 2 is 1.96 bits per heavy atom. The number of rotatable bonds is 4. The van der Waals surface area contributed by atoms with Crippen LogP contribution in [0.2, 0.25) is 0 Å². The summed E-state index contributed by atoms with van der Waals surface area (Å²) in [5.41, 5.74) is 2.75. The van der Waals surface area contributed by atoms with Crippen LogP contribution in [0, 0.1) is 5.92 Å². The average molecular weight is 310 g/mol. The molecular formula is C18H22N4O. The fourth-order valence-electron chi connectivity index (χ4n) is 2.82. The second-order valence-corrected chi connectivity index (χ2v) is 6.36. The third-order valence-corrected chi connectivity index (χ3v) is 3.97. The molecule has 1 aromatic heterocycles. The second-order valence-electron chi connectivity index (χ2n) is 6.36. The average Bonchev–Trinajstić information content (AvgIpc) is 2.54. The number of aromatic nitrogens is 2. The zero-order valence-corrected chi connectivity index (χ0v) is 13.6. The molecule has 0 atom stereocenters. The molecule has 5 heteroatoms. The van der Waals surface area contributed by atoms with Crippen molar-refractivity contribution in [1.82, 2.24) is 10.2 Å². The zero-order valence-electron chi connectivity index (χ0n) is 13.6. The van der Waals surface area contributed by atoms with Crippen molar-refractivity contribution in [2.75, 3.05) is 16.8 Å². The molecule has 2 aromatic rings. The molecule has 3 rings (SSSR count). The standard InChI is InChI=1S/C18H22N4O/c1-13(2)11-18(23)19-16-7-8-17(21-20-16)22-10-9-14-5-3-4-6-15(14)12-22/h3-8,13H,9-12H2,1-2H3,(H,19,20,23). The highest BCUT2D eigenvalue weighted by atomic mass is 16.1. The van der Waals surface area contributed by atoms with Gasteiger partial charge in [0.2, 0.25) is 5.91 Å². The van der Waals surface area contributed by atoms with Crippen molar-refractivity contribution in [2.24, 2.45) is 5.92 Å². The fourth-order valence-corrected chi connectivity index (χ4v) is 2.82. The molecule has 1 N–H and O–H groups in total. The first-order valence-electron chi connectivity index (χ1n) is 8.07. The third-order valence-electron chi connectivity index (χ3n) is 3.97. The first-order valence-corrected chi connectivity index (χ1v) is 8.07. The summed E-state index contributed by atoms with van der Waals surface area (Å²) in [6.45, 7) is 5.82. The molecule has 120 valence electrons. The summed E-state index contributed by atoms with van der Waals surface area (Å²) in [5.74, 6) is 1.67. The molecule has 1 aromatic carbocycles. The monoisotopic (exact) mass is 310 g/mol. The quantitative estimate of drug-likeness (QED) is 0.943. The van der Waals surface area contributed by atoms with E-state index in [1.165, 1.54) is 11.1 Å². The maximum absolute atomic E-state index is 11.8. The lowest BCUT2D eigenvalue weighted by Crippen LogP contribution is -2.31. The van der Waals surface area contributed by atoms with E-state index in [0.717, 1.165) is 25.3 Å². The molecule has 5 nitrogen and oxygen atoms in total. The lowest BCUT2D eigenvalue weighted by atomic mass is 10.00. The smallest absolute Gasteiger partial charge is 0.225 e. The Kier molecular flexibility index (Phi) is 4.55. The first kappa shape index (κ1) is 15.5. The summed E-state index contributed by atoms with van der Waals surface area (Å²) in [4.78, 5) is 14.0. The van der Waals surface area contributed by atoms with Crippen LogP contribution in [-0.2, 0) is 17.8 Å². The van der Waals surface area contributed by atoms with E-state index in [0.29, 0.717) is 18.2 Å². The lowest BCUT2D eigenvalue weighted by Gasteiger charge is -2.29. The summed E-state index contributed by atoms with van der Waals surface area (Å²) in [6.07, 6.45) is 1.51. The molecule has 1 amide bonds. The molecule has 1 aliphatic heterocycles. The van der Waals surface area contributed by atoms with Crippen LogP contribution in [0.15, 0.2) is 36.4 Å². The van der Waals surface area contributed by atoms with Crippen molar-refractivity contribution >= 4 is 17.5 Å². The van der Waals surface area contributed by atoms with Gasteiger partial charge < -0.3 is 10.2 Å². The van der Waals surface area contributed by atoms with Crippen molar-refractivity contribution in [1.29, 1.82) is 0 Å². The van der Waals surface area contributed by atoms with Crippen LogP contribution in [-0.4, -0.2) is 22.6 Å². The molecule has 0 spiro atoms. The Morgan fingerprint density at radius 1 is 1.17 bits per heavy atom. The van der Waals surface area contributed by atoms with Crippen molar-refractivity contribution in [2.45, 2.75) is 33.2 Å². The molecule has 23 heavy (non-hydrogen) atoms. The molecule has 0 fully saturated rings. The second kappa shape index (κ2) is 6.77. The Labute approximate surface area is 136 Å². The highest BCUT2D eigenvalue weighted by Crippen LogP contribution is 2.22. The summed E-state index contributed by atoms with van der Waals surface area (Å²) < 4.78 is 0. The van der Waals surface area contributed by atoms with Gasteiger partial charge in [-0.2, -0.15) is 0 Å². The highest BCUT2D eigenvalue weighted by molar-refractivity contribution is 5.89. The number of carbonyl (C=O) groups excluding carboxylic acids is 1. The van der Waals surface area contributed by atoms with Gasteiger partial charge in [0.15, 0.2) is 11.6 Å². The van der Waals surface area contributed by atoms with Crippen molar-refractivity contribution in [3.05, 3.63) is 47.5 Å². The minimum Gasteiger partial charge on any atom is -0.350 e. The van der Waals surface area contributed by atoms with Gasteiger partial charge in [0.25, 0.3) is 0 Å². The van der Waals surface area contributed by atoms with Gasteiger partial charge in [0, 0.05) is 19.5 Å². The van der Waals surface area contributed by atoms with Crippen LogP contribution in [0.4, 0.5) is 11.6 Å². The van der Waals surface area contributed by atoms with E-state index in [1.807, 2.05) is 26.0 Å². The maximum Gasteiger partial charge on any atom is 0.225 e. The fraction of sp³-hybridized carbons (Fsp3) is 0.389. The van der Waals surface area contributed by atoms with Crippen LogP contribution < -0.4 is 10.2 Å². The number of hydrogen-bond donors (Lipinski definition) is 1. The van der Waals surface area contributed by atoms with Crippen LogP contribution in [0.5, 0.6) is 0 Å². The van der Waals surface area contributed by atoms with Crippen LogP contribution in [0.25, 0.3) is 0 Å². The highest BCUT2D eigenvalue weighted by Gasteiger charge is 2.17. The predicted molar refractivity (Wildman–Crippen MR) is 91.3 cm³/mol. The van der Waals surface area contributed by atoms with E-state index in [1.54, 1.807) is 0 Å². The van der Waals surface area contributed by atoms with Gasteiger partial charge in [-0.1, -0.05) is 38.1 Å². The molecular weight excluding hydrogens is 288 g/mol. The molecule has 0 aliphatic carbocycles. The van der Waals surface area contributed by atoms with E-state index in [-0.39, 0.29) is 5.91 Å². The summed E-state index contributed by atoms with van der Waals surface area (Å²) in [7, 11) is 0. The molecule has 2 heterocycles. The number of carbonyl (C=O) groups is 1.